The highest BCUT2D eigenvalue weighted by Gasteiger charge is 2.28. The summed E-state index contributed by atoms with van der Waals surface area (Å²) in [5, 5.41) is 5.82. The molecule has 0 heterocycles. The molecule has 4 rings (SSSR count). The van der Waals surface area contributed by atoms with Crippen LogP contribution in [0.3, 0.4) is 0 Å². The molecule has 0 aliphatic heterocycles. The predicted octanol–water partition coefficient (Wildman–Crippen LogP) is 6.50. The fourth-order valence-corrected chi connectivity index (χ4v) is 5.35. The number of nitrogens with zero attached hydrogens (tertiary/aromatic N) is 1. The van der Waals surface area contributed by atoms with Crippen LogP contribution in [-0.4, -0.2) is 35.4 Å². The molecule has 3 aromatic rings. The third-order valence-corrected chi connectivity index (χ3v) is 7.59. The van der Waals surface area contributed by atoms with Gasteiger partial charge in [0.15, 0.2) is 6.61 Å². The van der Waals surface area contributed by atoms with Crippen LogP contribution in [0.25, 0.3) is 10.8 Å². The molecule has 0 aromatic heterocycles. The topological polar surface area (TPSA) is 58.6 Å². The Bertz CT molecular complexity index is 1200. The zero-order valence-electron chi connectivity index (χ0n) is 19.8. The molecule has 0 unspecified atom stereocenters. The maximum Gasteiger partial charge on any atom is 0.261 e. The highest BCUT2D eigenvalue weighted by molar-refractivity contribution is 9.10. The Morgan fingerprint density at radius 3 is 2.63 bits per heavy atom. The number of fused-ring (bicyclic) bond motifs is 1. The molecule has 1 N–H and O–H groups in total. The van der Waals surface area contributed by atoms with Gasteiger partial charge in [0.25, 0.3) is 5.91 Å². The highest BCUT2D eigenvalue weighted by Crippen LogP contribution is 2.33. The Kier molecular flexibility index (Phi) is 8.69. The Hall–Kier alpha value is -2.57. The summed E-state index contributed by atoms with van der Waals surface area (Å²) in [5.74, 6) is 0.176. The molecule has 5 nitrogen and oxygen atoms in total. The van der Waals surface area contributed by atoms with E-state index in [0.29, 0.717) is 10.8 Å². The van der Waals surface area contributed by atoms with E-state index in [1.165, 1.54) is 6.42 Å². The summed E-state index contributed by atoms with van der Waals surface area (Å²) < 4.78 is 6.73. The molecule has 2 amide bonds. The Labute approximate surface area is 219 Å². The SMILES string of the molecule is C[C@@H](C(=O)NC1CCCCC1)N(Cc1cccc(Cl)c1)C(=O)COc1ccc2ccccc2c1Br. The Morgan fingerprint density at radius 1 is 1.09 bits per heavy atom. The minimum absolute atomic E-state index is 0.140. The highest BCUT2D eigenvalue weighted by atomic mass is 79.9. The third kappa shape index (κ3) is 6.56. The number of nitrogens with one attached hydrogen (secondary N) is 1. The monoisotopic (exact) mass is 556 g/mol. The number of ether oxygens (including phenoxy) is 1. The molecular weight excluding hydrogens is 528 g/mol. The van der Waals surface area contributed by atoms with E-state index in [9.17, 15) is 9.59 Å². The lowest BCUT2D eigenvalue weighted by atomic mass is 9.95. The molecule has 0 bridgehead atoms. The van der Waals surface area contributed by atoms with Gasteiger partial charge in [-0.15, -0.1) is 0 Å². The number of hydrogen-bond donors (Lipinski definition) is 1. The van der Waals surface area contributed by atoms with Crippen LogP contribution < -0.4 is 10.1 Å². The van der Waals surface area contributed by atoms with Crippen LogP contribution in [0.5, 0.6) is 5.75 Å². The zero-order valence-corrected chi connectivity index (χ0v) is 22.1. The maximum atomic E-state index is 13.4. The van der Waals surface area contributed by atoms with Crippen LogP contribution in [0.4, 0.5) is 0 Å². The first-order chi connectivity index (χ1) is 16.9. The fourth-order valence-electron chi connectivity index (χ4n) is 4.53. The summed E-state index contributed by atoms with van der Waals surface area (Å²) in [4.78, 5) is 28.1. The molecule has 1 saturated carbocycles. The van der Waals surface area contributed by atoms with Crippen LogP contribution in [0.1, 0.15) is 44.6 Å². The predicted molar refractivity (Wildman–Crippen MR) is 144 cm³/mol. The third-order valence-electron chi connectivity index (χ3n) is 6.54. The van der Waals surface area contributed by atoms with Gasteiger partial charge in [0, 0.05) is 17.6 Å². The summed E-state index contributed by atoms with van der Waals surface area (Å²) in [6.07, 6.45) is 5.43. The normalized spacial score (nSPS) is 14.9. The van der Waals surface area contributed by atoms with Crippen molar-refractivity contribution in [1.82, 2.24) is 10.2 Å². The van der Waals surface area contributed by atoms with Gasteiger partial charge in [0.2, 0.25) is 5.91 Å². The van der Waals surface area contributed by atoms with E-state index < -0.39 is 6.04 Å². The Morgan fingerprint density at radius 2 is 1.86 bits per heavy atom. The second-order valence-corrected chi connectivity index (χ2v) is 10.3. The molecule has 35 heavy (non-hydrogen) atoms. The lowest BCUT2D eigenvalue weighted by Gasteiger charge is -2.31. The smallest absolute Gasteiger partial charge is 0.261 e. The van der Waals surface area contributed by atoms with Gasteiger partial charge >= 0.3 is 0 Å². The number of rotatable bonds is 8. The summed E-state index contributed by atoms with van der Waals surface area (Å²) in [7, 11) is 0. The summed E-state index contributed by atoms with van der Waals surface area (Å²) in [5.41, 5.74) is 0.857. The van der Waals surface area contributed by atoms with Crippen molar-refractivity contribution in [2.75, 3.05) is 6.61 Å². The molecule has 1 aliphatic rings. The van der Waals surface area contributed by atoms with E-state index in [-0.39, 0.29) is 31.0 Å². The largest absolute Gasteiger partial charge is 0.483 e. The van der Waals surface area contributed by atoms with Gasteiger partial charge in [-0.05, 0) is 70.2 Å². The van der Waals surface area contributed by atoms with Crippen LogP contribution >= 0.6 is 27.5 Å². The van der Waals surface area contributed by atoms with Gasteiger partial charge in [-0.25, -0.2) is 0 Å². The molecule has 0 radical (unpaired) electrons. The number of carbonyl (C=O) groups excluding carboxylic acids is 2. The molecule has 1 aliphatic carbocycles. The van der Waals surface area contributed by atoms with Crippen molar-refractivity contribution in [3.8, 4) is 5.75 Å². The van der Waals surface area contributed by atoms with Gasteiger partial charge in [-0.2, -0.15) is 0 Å². The second-order valence-electron chi connectivity index (χ2n) is 9.06. The van der Waals surface area contributed by atoms with Crippen molar-refractivity contribution in [2.45, 2.75) is 57.7 Å². The van der Waals surface area contributed by atoms with E-state index in [1.54, 1.807) is 17.9 Å². The van der Waals surface area contributed by atoms with Crippen LogP contribution in [0.2, 0.25) is 5.02 Å². The first-order valence-corrected chi connectivity index (χ1v) is 13.2. The van der Waals surface area contributed by atoms with Gasteiger partial charge in [-0.3, -0.25) is 9.59 Å². The summed E-state index contributed by atoms with van der Waals surface area (Å²) in [6, 6.07) is 18.6. The molecule has 184 valence electrons. The van der Waals surface area contributed by atoms with Crippen LogP contribution in [-0.2, 0) is 16.1 Å². The molecule has 7 heteroatoms. The van der Waals surface area contributed by atoms with Crippen molar-refractivity contribution in [3.63, 3.8) is 0 Å². The average Bonchev–Trinajstić information content (AvgIpc) is 2.87. The van der Waals surface area contributed by atoms with E-state index >= 15 is 0 Å². The number of carbonyl (C=O) groups is 2. The van der Waals surface area contributed by atoms with E-state index in [1.807, 2.05) is 54.6 Å². The van der Waals surface area contributed by atoms with Gasteiger partial charge in [0.1, 0.15) is 11.8 Å². The van der Waals surface area contributed by atoms with Crippen molar-refractivity contribution in [3.05, 3.63) is 75.7 Å². The van der Waals surface area contributed by atoms with Crippen LogP contribution in [0, 0.1) is 0 Å². The average molecular weight is 558 g/mol. The number of benzene rings is 3. The fraction of sp³-hybridized carbons (Fsp3) is 0.357. The number of amides is 2. The minimum atomic E-state index is -0.646. The molecule has 0 spiro atoms. The molecular formula is C28H30BrClN2O3. The zero-order chi connectivity index (χ0) is 24.8. The maximum absolute atomic E-state index is 13.4. The Balaban J connectivity index is 1.49. The first kappa shape index (κ1) is 25.5. The van der Waals surface area contributed by atoms with Gasteiger partial charge in [-0.1, -0.05) is 73.3 Å². The summed E-state index contributed by atoms with van der Waals surface area (Å²) in [6.45, 7) is 1.85. The van der Waals surface area contributed by atoms with Crippen molar-refractivity contribution >= 4 is 50.1 Å². The van der Waals surface area contributed by atoms with Crippen molar-refractivity contribution in [2.24, 2.45) is 0 Å². The van der Waals surface area contributed by atoms with Crippen molar-refractivity contribution < 1.29 is 14.3 Å². The molecule has 1 fully saturated rings. The lowest BCUT2D eigenvalue weighted by Crippen LogP contribution is -2.51. The minimum Gasteiger partial charge on any atom is -0.483 e. The van der Waals surface area contributed by atoms with E-state index in [0.717, 1.165) is 46.5 Å². The molecule has 1 atom stereocenters. The van der Waals surface area contributed by atoms with Gasteiger partial charge < -0.3 is 15.0 Å². The number of hydrogen-bond acceptors (Lipinski definition) is 3. The first-order valence-electron chi connectivity index (χ1n) is 12.1. The lowest BCUT2D eigenvalue weighted by molar-refractivity contribution is -0.142. The van der Waals surface area contributed by atoms with Gasteiger partial charge in [0.05, 0.1) is 4.47 Å². The number of halogens is 2. The quantitative estimate of drug-likeness (QED) is 0.344. The second kappa shape index (κ2) is 11.9. The molecule has 3 aromatic carbocycles. The van der Waals surface area contributed by atoms with Crippen molar-refractivity contribution in [1.29, 1.82) is 0 Å². The summed E-state index contributed by atoms with van der Waals surface area (Å²) >= 11 is 9.78. The van der Waals surface area contributed by atoms with E-state index in [2.05, 4.69) is 21.2 Å². The standard InChI is InChI=1S/C28H30BrClN2O3/c1-19(28(34)31-23-11-3-2-4-12-23)32(17-20-8-7-10-22(30)16-20)26(33)18-35-25-15-14-21-9-5-6-13-24(21)27(25)29/h5-10,13-16,19,23H,2-4,11-12,17-18H2,1H3,(H,31,34)/t19-/m0/s1. The van der Waals surface area contributed by atoms with E-state index in [4.69, 9.17) is 16.3 Å². The van der Waals surface area contributed by atoms with Crippen LogP contribution in [0.15, 0.2) is 65.1 Å². The molecule has 0 saturated heterocycles.